The van der Waals surface area contributed by atoms with Crippen LogP contribution in [0.5, 0.6) is 0 Å². The van der Waals surface area contributed by atoms with Crippen molar-refractivity contribution >= 4 is 5.91 Å². The molecular formula is C26H28N6O. The fraction of sp³-hybridized carbons (Fsp3) is 0.308. The van der Waals surface area contributed by atoms with E-state index in [1.54, 1.807) is 18.6 Å². The van der Waals surface area contributed by atoms with E-state index in [2.05, 4.69) is 10.1 Å². The number of carbonyl (C=O) groups excluding carboxylic acids is 1. The molecule has 0 saturated heterocycles. The average molecular weight is 441 g/mol. The number of pyridine rings is 1. The molecule has 0 aliphatic heterocycles. The highest BCUT2D eigenvalue weighted by Crippen LogP contribution is 2.26. The van der Waals surface area contributed by atoms with Gasteiger partial charge in [0.1, 0.15) is 0 Å². The molecular weight excluding hydrogens is 412 g/mol. The third-order valence-electron chi connectivity index (χ3n) is 6.45. The highest BCUT2D eigenvalue weighted by Gasteiger charge is 2.29. The van der Waals surface area contributed by atoms with E-state index in [1.165, 1.54) is 12.8 Å². The Morgan fingerprint density at radius 2 is 1.82 bits per heavy atom. The quantitative estimate of drug-likeness (QED) is 0.424. The van der Waals surface area contributed by atoms with Gasteiger partial charge < -0.3 is 4.90 Å². The van der Waals surface area contributed by atoms with E-state index in [4.69, 9.17) is 5.10 Å². The molecule has 0 spiro atoms. The van der Waals surface area contributed by atoms with Gasteiger partial charge in [-0.1, -0.05) is 31.0 Å². The average Bonchev–Trinajstić information content (AvgIpc) is 3.62. The number of amides is 1. The fourth-order valence-corrected chi connectivity index (χ4v) is 4.64. The summed E-state index contributed by atoms with van der Waals surface area (Å²) in [5, 5.41) is 9.22. The highest BCUT2D eigenvalue weighted by molar-refractivity contribution is 5.95. The van der Waals surface area contributed by atoms with Gasteiger partial charge in [-0.05, 0) is 50.1 Å². The van der Waals surface area contributed by atoms with Crippen LogP contribution in [0.3, 0.4) is 0 Å². The predicted molar refractivity (Wildman–Crippen MR) is 127 cm³/mol. The molecule has 1 aliphatic carbocycles. The van der Waals surface area contributed by atoms with Crippen LogP contribution >= 0.6 is 0 Å². The molecule has 0 bridgehead atoms. The van der Waals surface area contributed by atoms with Crippen molar-refractivity contribution in [2.45, 2.75) is 45.2 Å². The van der Waals surface area contributed by atoms with Gasteiger partial charge in [0.05, 0.1) is 35.4 Å². The third kappa shape index (κ3) is 4.44. The predicted octanol–water partition coefficient (Wildman–Crippen LogP) is 4.52. The maximum Gasteiger partial charge on any atom is 0.257 e. The largest absolute Gasteiger partial charge is 0.334 e. The van der Waals surface area contributed by atoms with E-state index in [0.717, 1.165) is 35.5 Å². The number of hydrogen-bond acceptors (Lipinski definition) is 4. The van der Waals surface area contributed by atoms with Gasteiger partial charge in [0.25, 0.3) is 5.91 Å². The van der Waals surface area contributed by atoms with Crippen molar-refractivity contribution in [2.24, 2.45) is 0 Å². The Morgan fingerprint density at radius 3 is 2.58 bits per heavy atom. The zero-order chi connectivity index (χ0) is 22.6. The Hall–Kier alpha value is -3.74. The lowest BCUT2D eigenvalue weighted by molar-refractivity contribution is 0.0671. The Morgan fingerprint density at radius 1 is 1.06 bits per heavy atom. The maximum atomic E-state index is 13.7. The SMILES string of the molecule is Cc1c(C(=O)N(CCn2ccc(-c3ccncc3)n2)C2CCCC2)cnn1-c1ccccc1. The Bertz CT molecular complexity index is 1210. The summed E-state index contributed by atoms with van der Waals surface area (Å²) >= 11 is 0. The van der Waals surface area contributed by atoms with Gasteiger partial charge >= 0.3 is 0 Å². The molecule has 33 heavy (non-hydrogen) atoms. The lowest BCUT2D eigenvalue weighted by Crippen LogP contribution is -2.41. The number of hydrogen-bond donors (Lipinski definition) is 0. The first-order valence-corrected chi connectivity index (χ1v) is 11.6. The van der Waals surface area contributed by atoms with Crippen molar-refractivity contribution in [3.63, 3.8) is 0 Å². The minimum absolute atomic E-state index is 0.0584. The summed E-state index contributed by atoms with van der Waals surface area (Å²) in [5.74, 6) is 0.0584. The van der Waals surface area contributed by atoms with Gasteiger partial charge in [0, 0.05) is 36.7 Å². The van der Waals surface area contributed by atoms with E-state index in [1.807, 2.05) is 75.9 Å². The summed E-state index contributed by atoms with van der Waals surface area (Å²) in [5.41, 5.74) is 4.45. The molecule has 7 nitrogen and oxygen atoms in total. The monoisotopic (exact) mass is 440 g/mol. The van der Waals surface area contributed by atoms with Gasteiger partial charge in [-0.15, -0.1) is 0 Å². The number of para-hydroxylation sites is 1. The first-order valence-electron chi connectivity index (χ1n) is 11.6. The molecule has 3 aromatic heterocycles. The Kier molecular flexibility index (Phi) is 6.02. The second kappa shape index (κ2) is 9.40. The van der Waals surface area contributed by atoms with Crippen molar-refractivity contribution < 1.29 is 4.79 Å². The van der Waals surface area contributed by atoms with Crippen LogP contribution in [0.15, 0.2) is 73.3 Å². The molecule has 5 rings (SSSR count). The van der Waals surface area contributed by atoms with Gasteiger partial charge in [-0.3, -0.25) is 14.5 Å². The van der Waals surface area contributed by atoms with E-state index >= 15 is 0 Å². The van der Waals surface area contributed by atoms with Crippen LogP contribution in [-0.2, 0) is 6.54 Å². The van der Waals surface area contributed by atoms with Crippen LogP contribution in [0.4, 0.5) is 0 Å². The minimum atomic E-state index is 0.0584. The molecule has 168 valence electrons. The first-order chi connectivity index (χ1) is 16.2. The number of carbonyl (C=O) groups is 1. The van der Waals surface area contributed by atoms with Gasteiger partial charge in [0.2, 0.25) is 0 Å². The molecule has 4 aromatic rings. The summed E-state index contributed by atoms with van der Waals surface area (Å²) in [6.07, 6.45) is 11.7. The standard InChI is InChI=1S/C26H28N6O/c1-20-24(19-28-32(20)23-9-3-2-4-10-23)26(33)31(22-7-5-6-8-22)18-17-30-16-13-25(29-30)21-11-14-27-15-12-21/h2-4,9-16,19,22H,5-8,17-18H2,1H3. The summed E-state index contributed by atoms with van der Waals surface area (Å²) in [4.78, 5) is 19.8. The molecule has 3 heterocycles. The smallest absolute Gasteiger partial charge is 0.257 e. The molecule has 0 radical (unpaired) electrons. The summed E-state index contributed by atoms with van der Waals surface area (Å²) < 4.78 is 3.76. The summed E-state index contributed by atoms with van der Waals surface area (Å²) in [7, 11) is 0. The summed E-state index contributed by atoms with van der Waals surface area (Å²) in [6.45, 7) is 3.24. The van der Waals surface area contributed by atoms with Crippen molar-refractivity contribution in [3.8, 4) is 16.9 Å². The second-order valence-corrected chi connectivity index (χ2v) is 8.53. The number of nitrogens with zero attached hydrogens (tertiary/aromatic N) is 6. The summed E-state index contributed by atoms with van der Waals surface area (Å²) in [6, 6.07) is 16.1. The highest BCUT2D eigenvalue weighted by atomic mass is 16.2. The molecule has 1 fully saturated rings. The number of aromatic nitrogens is 5. The van der Waals surface area contributed by atoms with Crippen LogP contribution in [0.25, 0.3) is 16.9 Å². The topological polar surface area (TPSA) is 68.8 Å². The second-order valence-electron chi connectivity index (χ2n) is 8.53. The van der Waals surface area contributed by atoms with E-state index in [-0.39, 0.29) is 11.9 Å². The van der Waals surface area contributed by atoms with Crippen LogP contribution in [0.2, 0.25) is 0 Å². The van der Waals surface area contributed by atoms with E-state index < -0.39 is 0 Å². The lowest BCUT2D eigenvalue weighted by atomic mass is 10.1. The van der Waals surface area contributed by atoms with Crippen LogP contribution < -0.4 is 0 Å². The zero-order valence-electron chi connectivity index (χ0n) is 18.8. The molecule has 7 heteroatoms. The number of benzene rings is 1. The van der Waals surface area contributed by atoms with Crippen LogP contribution in [0.1, 0.15) is 41.7 Å². The Labute approximate surface area is 193 Å². The molecule has 1 aromatic carbocycles. The van der Waals surface area contributed by atoms with Gasteiger partial charge in [-0.25, -0.2) is 4.68 Å². The molecule has 1 aliphatic rings. The lowest BCUT2D eigenvalue weighted by Gasteiger charge is -2.29. The molecule has 1 amide bonds. The molecule has 1 saturated carbocycles. The van der Waals surface area contributed by atoms with Gasteiger partial charge in [-0.2, -0.15) is 10.2 Å². The van der Waals surface area contributed by atoms with E-state index in [9.17, 15) is 4.79 Å². The van der Waals surface area contributed by atoms with Crippen LogP contribution in [0, 0.1) is 6.92 Å². The fourth-order valence-electron chi connectivity index (χ4n) is 4.64. The third-order valence-corrected chi connectivity index (χ3v) is 6.45. The van der Waals surface area contributed by atoms with Crippen molar-refractivity contribution in [1.29, 1.82) is 0 Å². The Balaban J connectivity index is 1.35. The normalized spacial score (nSPS) is 14.0. The van der Waals surface area contributed by atoms with Crippen molar-refractivity contribution in [1.82, 2.24) is 29.4 Å². The zero-order valence-corrected chi connectivity index (χ0v) is 18.8. The molecule has 0 unspecified atom stereocenters. The molecule has 0 atom stereocenters. The first kappa shape index (κ1) is 21.1. The minimum Gasteiger partial charge on any atom is -0.334 e. The maximum absolute atomic E-state index is 13.7. The van der Waals surface area contributed by atoms with Crippen molar-refractivity contribution in [2.75, 3.05) is 6.54 Å². The number of rotatable bonds is 7. The van der Waals surface area contributed by atoms with Gasteiger partial charge in [0.15, 0.2) is 0 Å². The van der Waals surface area contributed by atoms with E-state index in [0.29, 0.717) is 18.7 Å². The van der Waals surface area contributed by atoms with Crippen LogP contribution in [-0.4, -0.2) is 47.9 Å². The van der Waals surface area contributed by atoms with Crippen molar-refractivity contribution in [3.05, 3.63) is 84.6 Å². The molecule has 0 N–H and O–H groups in total.